The quantitative estimate of drug-likeness (QED) is 0.530. The molecular weight excluding hydrogens is 410 g/mol. The third kappa shape index (κ3) is 4.78. The first kappa shape index (κ1) is 20.7. The van der Waals surface area contributed by atoms with Crippen LogP contribution in [-0.4, -0.2) is 51.9 Å². The molecule has 4 rings (SSSR count). The highest BCUT2D eigenvalue weighted by atomic mass is 35.5. The number of piperidine rings is 1. The molecule has 3 heterocycles. The summed E-state index contributed by atoms with van der Waals surface area (Å²) >= 11 is 7.43. The maximum absolute atomic E-state index is 13.1. The van der Waals surface area contributed by atoms with Crippen molar-refractivity contribution in [3.8, 4) is 0 Å². The number of rotatable bonds is 5. The van der Waals surface area contributed by atoms with Crippen LogP contribution in [0.15, 0.2) is 28.2 Å². The average molecular weight is 436 g/mol. The molecule has 2 aliphatic heterocycles. The number of hydrogen-bond donors (Lipinski definition) is 0. The van der Waals surface area contributed by atoms with Gasteiger partial charge in [0.15, 0.2) is 5.16 Å². The Bertz CT molecular complexity index is 950. The lowest BCUT2D eigenvalue weighted by atomic mass is 9.99. The summed E-state index contributed by atoms with van der Waals surface area (Å²) in [5, 5.41) is 1.63. The van der Waals surface area contributed by atoms with Crippen LogP contribution in [0.25, 0.3) is 10.9 Å². The lowest BCUT2D eigenvalue weighted by Gasteiger charge is -2.30. The molecule has 156 valence electrons. The Morgan fingerprint density at radius 2 is 2.10 bits per heavy atom. The molecule has 1 aromatic carbocycles. The van der Waals surface area contributed by atoms with Crippen LogP contribution in [0.3, 0.4) is 0 Å². The number of aromatic nitrogens is 2. The number of halogens is 1. The highest BCUT2D eigenvalue weighted by molar-refractivity contribution is 7.99. The van der Waals surface area contributed by atoms with Crippen molar-refractivity contribution in [2.45, 2.75) is 50.4 Å². The van der Waals surface area contributed by atoms with Crippen molar-refractivity contribution in [3.63, 3.8) is 0 Å². The number of benzene rings is 1. The second kappa shape index (κ2) is 9.06. The number of fused-ring (bicyclic) bond motifs is 1. The minimum atomic E-state index is -0.107. The van der Waals surface area contributed by atoms with Gasteiger partial charge in [0.2, 0.25) is 5.91 Å². The number of carbonyl (C=O) groups excluding carboxylic acids is 1. The zero-order valence-electron chi connectivity index (χ0n) is 16.6. The van der Waals surface area contributed by atoms with Gasteiger partial charge >= 0.3 is 0 Å². The molecule has 0 N–H and O–H groups in total. The molecule has 29 heavy (non-hydrogen) atoms. The predicted octanol–water partition coefficient (Wildman–Crippen LogP) is 3.58. The van der Waals surface area contributed by atoms with Gasteiger partial charge in [0.1, 0.15) is 0 Å². The molecule has 0 saturated carbocycles. The SMILES string of the molecule is CC1CCN(C(=O)CSc2nc3cc(Cl)ccc3c(=O)n2CC2CCCO2)CC1. The van der Waals surface area contributed by atoms with Gasteiger partial charge in [-0.15, -0.1) is 0 Å². The fraction of sp³-hybridized carbons (Fsp3) is 0.571. The van der Waals surface area contributed by atoms with Crippen LogP contribution in [0, 0.1) is 5.92 Å². The van der Waals surface area contributed by atoms with Crippen LogP contribution >= 0.6 is 23.4 Å². The van der Waals surface area contributed by atoms with Gasteiger partial charge in [0.25, 0.3) is 5.56 Å². The van der Waals surface area contributed by atoms with Crippen LogP contribution in [0.4, 0.5) is 0 Å². The van der Waals surface area contributed by atoms with Crippen molar-refractivity contribution in [3.05, 3.63) is 33.6 Å². The molecule has 0 radical (unpaired) electrons. The summed E-state index contributed by atoms with van der Waals surface area (Å²) in [6.07, 6.45) is 4.04. The zero-order valence-corrected chi connectivity index (χ0v) is 18.2. The van der Waals surface area contributed by atoms with E-state index in [1.807, 2.05) is 4.90 Å². The Hall–Kier alpha value is -1.57. The van der Waals surface area contributed by atoms with Gasteiger partial charge in [0.05, 0.1) is 29.3 Å². The number of amides is 1. The van der Waals surface area contributed by atoms with E-state index >= 15 is 0 Å². The van der Waals surface area contributed by atoms with Crippen molar-refractivity contribution >= 4 is 40.2 Å². The first-order valence-corrected chi connectivity index (χ1v) is 11.6. The molecule has 2 fully saturated rings. The molecule has 2 aliphatic rings. The number of carbonyl (C=O) groups is 1. The van der Waals surface area contributed by atoms with Crippen LogP contribution in [-0.2, 0) is 16.1 Å². The van der Waals surface area contributed by atoms with E-state index in [0.717, 1.165) is 45.4 Å². The van der Waals surface area contributed by atoms with Crippen LogP contribution in [0.5, 0.6) is 0 Å². The second-order valence-corrected chi connectivity index (χ2v) is 9.34. The summed E-state index contributed by atoms with van der Waals surface area (Å²) in [4.78, 5) is 32.4. The Kier molecular flexibility index (Phi) is 6.47. The molecule has 1 amide bonds. The normalized spacial score (nSPS) is 20.5. The number of ether oxygens (including phenoxy) is 1. The van der Waals surface area contributed by atoms with Crippen LogP contribution in [0.2, 0.25) is 5.02 Å². The van der Waals surface area contributed by atoms with Gasteiger partial charge in [-0.2, -0.15) is 0 Å². The molecule has 0 spiro atoms. The summed E-state index contributed by atoms with van der Waals surface area (Å²) in [5.41, 5.74) is 0.455. The van der Waals surface area contributed by atoms with E-state index in [1.165, 1.54) is 11.8 Å². The Labute approximate surface area is 179 Å². The van der Waals surface area contributed by atoms with E-state index < -0.39 is 0 Å². The van der Waals surface area contributed by atoms with E-state index in [1.54, 1.807) is 22.8 Å². The largest absolute Gasteiger partial charge is 0.376 e. The van der Waals surface area contributed by atoms with Crippen molar-refractivity contribution < 1.29 is 9.53 Å². The molecule has 2 aromatic rings. The first-order chi connectivity index (χ1) is 14.0. The fourth-order valence-electron chi connectivity index (χ4n) is 3.91. The standard InChI is InChI=1S/C21H26ClN3O3S/c1-14-6-8-24(9-7-14)19(26)13-29-21-23-18-11-15(22)4-5-17(18)20(27)25(21)12-16-3-2-10-28-16/h4-5,11,14,16H,2-3,6-10,12-13H2,1H3. The maximum atomic E-state index is 13.1. The van der Waals surface area contributed by atoms with Crippen LogP contribution in [0.1, 0.15) is 32.6 Å². The number of hydrogen-bond acceptors (Lipinski definition) is 5. The molecule has 1 aromatic heterocycles. The molecule has 6 nitrogen and oxygen atoms in total. The molecule has 1 unspecified atom stereocenters. The fourth-order valence-corrected chi connectivity index (χ4v) is 4.99. The predicted molar refractivity (Wildman–Crippen MR) is 116 cm³/mol. The molecule has 0 bridgehead atoms. The summed E-state index contributed by atoms with van der Waals surface area (Å²) in [5.74, 6) is 1.06. The van der Waals surface area contributed by atoms with E-state index in [4.69, 9.17) is 16.3 Å². The lowest BCUT2D eigenvalue weighted by molar-refractivity contribution is -0.129. The van der Waals surface area contributed by atoms with Crippen molar-refractivity contribution in [1.82, 2.24) is 14.5 Å². The summed E-state index contributed by atoms with van der Waals surface area (Å²) in [6.45, 7) is 5.03. The average Bonchev–Trinajstić information content (AvgIpc) is 3.22. The number of likely N-dealkylation sites (tertiary alicyclic amines) is 1. The smallest absolute Gasteiger partial charge is 0.262 e. The van der Waals surface area contributed by atoms with E-state index in [9.17, 15) is 9.59 Å². The monoisotopic (exact) mass is 435 g/mol. The molecular formula is C21H26ClN3O3S. The van der Waals surface area contributed by atoms with E-state index in [2.05, 4.69) is 11.9 Å². The number of thioether (sulfide) groups is 1. The number of nitrogens with zero attached hydrogens (tertiary/aromatic N) is 3. The van der Waals surface area contributed by atoms with Crippen molar-refractivity contribution in [1.29, 1.82) is 0 Å². The van der Waals surface area contributed by atoms with Crippen molar-refractivity contribution in [2.75, 3.05) is 25.4 Å². The second-order valence-electron chi connectivity index (χ2n) is 7.96. The zero-order chi connectivity index (χ0) is 20.4. The van der Waals surface area contributed by atoms with Gasteiger partial charge in [-0.05, 0) is 49.8 Å². The van der Waals surface area contributed by atoms with Gasteiger partial charge in [-0.1, -0.05) is 30.3 Å². The third-order valence-electron chi connectivity index (χ3n) is 5.75. The molecule has 1 atom stereocenters. The summed E-state index contributed by atoms with van der Waals surface area (Å²) in [7, 11) is 0. The lowest BCUT2D eigenvalue weighted by Crippen LogP contribution is -2.39. The van der Waals surface area contributed by atoms with Crippen LogP contribution < -0.4 is 5.56 Å². The first-order valence-electron chi connectivity index (χ1n) is 10.2. The van der Waals surface area contributed by atoms with E-state index in [0.29, 0.717) is 33.5 Å². The highest BCUT2D eigenvalue weighted by Gasteiger charge is 2.23. The Balaban J connectivity index is 1.58. The summed E-state index contributed by atoms with van der Waals surface area (Å²) < 4.78 is 7.40. The third-order valence-corrected chi connectivity index (χ3v) is 6.95. The van der Waals surface area contributed by atoms with E-state index in [-0.39, 0.29) is 23.3 Å². The molecule has 0 aliphatic carbocycles. The Morgan fingerprint density at radius 1 is 1.31 bits per heavy atom. The molecule has 2 saturated heterocycles. The minimum Gasteiger partial charge on any atom is -0.376 e. The van der Waals surface area contributed by atoms with Gasteiger partial charge in [-0.25, -0.2) is 4.98 Å². The van der Waals surface area contributed by atoms with Crippen molar-refractivity contribution in [2.24, 2.45) is 5.92 Å². The highest BCUT2D eigenvalue weighted by Crippen LogP contribution is 2.24. The van der Waals surface area contributed by atoms with Gasteiger partial charge in [0, 0.05) is 24.7 Å². The molecule has 8 heteroatoms. The van der Waals surface area contributed by atoms with Gasteiger partial charge in [-0.3, -0.25) is 14.2 Å². The topological polar surface area (TPSA) is 64.4 Å². The minimum absolute atomic E-state index is 0.0119. The maximum Gasteiger partial charge on any atom is 0.262 e. The summed E-state index contributed by atoms with van der Waals surface area (Å²) in [6, 6.07) is 5.12. The Morgan fingerprint density at radius 3 is 2.83 bits per heavy atom. The van der Waals surface area contributed by atoms with Gasteiger partial charge < -0.3 is 9.64 Å².